The largest absolute Gasteiger partial charge is 0.481 e. The number of esters is 4. The van der Waals surface area contributed by atoms with Gasteiger partial charge >= 0.3 is 23.9 Å². The number of hydrogen-bond donors (Lipinski definition) is 1. The topological polar surface area (TPSA) is 138 Å². The van der Waals surface area contributed by atoms with Crippen LogP contribution >= 0.6 is 0 Å². The summed E-state index contributed by atoms with van der Waals surface area (Å²) in [5.41, 5.74) is 0.475. The molecule has 1 spiro atoms. The first-order valence-corrected chi connectivity index (χ1v) is 16.4. The molecule has 48 heavy (non-hydrogen) atoms. The number of aliphatic hydroxyl groups is 1. The van der Waals surface area contributed by atoms with Gasteiger partial charge in [-0.1, -0.05) is 42.5 Å². The lowest BCUT2D eigenvalue weighted by Gasteiger charge is -2.61. The normalized spacial score (nSPS) is 27.3. The Morgan fingerprint density at radius 2 is 1.73 bits per heavy atom. The summed E-state index contributed by atoms with van der Waals surface area (Å²) in [6, 6.07) is 12.2. The van der Waals surface area contributed by atoms with E-state index in [1.807, 2.05) is 20.0 Å². The van der Waals surface area contributed by atoms with E-state index in [9.17, 15) is 24.3 Å². The standard InChI is InChI=1S/C37H43NO10/c1-20-13-14-24-19-26-37(43)16-15-25(31-36(37,17-18-38(26)7)27(24)28(20)46-31)45-32(40)21(2)29(44-22(3)39)33(41)47-30(23-11-9-8-10-12-23)34(42)48-35(4,5)6/h8-15,21,26,29-31,43H,16-19H2,1-7H3/t21-,26-,29-,30+,31+,36+,37-/m1/s1. The molecule has 1 saturated heterocycles. The maximum Gasteiger partial charge on any atom is 0.352 e. The first-order chi connectivity index (χ1) is 22.6. The number of hydrogen-bond acceptors (Lipinski definition) is 11. The van der Waals surface area contributed by atoms with E-state index in [0.29, 0.717) is 24.2 Å². The fraction of sp³-hybridized carbons (Fsp3) is 0.514. The van der Waals surface area contributed by atoms with Gasteiger partial charge in [0.1, 0.15) is 23.0 Å². The van der Waals surface area contributed by atoms with Gasteiger partial charge in [0.2, 0.25) is 12.2 Å². The van der Waals surface area contributed by atoms with E-state index in [1.54, 1.807) is 57.2 Å². The van der Waals surface area contributed by atoms with E-state index in [4.69, 9.17) is 23.7 Å². The number of carbonyl (C=O) groups excluding carboxylic acids is 4. The Balaban J connectivity index is 1.27. The molecule has 11 heteroatoms. The first-order valence-electron chi connectivity index (χ1n) is 16.4. The van der Waals surface area contributed by atoms with Gasteiger partial charge in [-0.15, -0.1) is 0 Å². The number of nitrogens with zero attached hydrogens (tertiary/aromatic N) is 1. The Bertz CT molecular complexity index is 1680. The summed E-state index contributed by atoms with van der Waals surface area (Å²) in [6.07, 6.45) is -0.818. The monoisotopic (exact) mass is 661 g/mol. The first kappa shape index (κ1) is 33.7. The van der Waals surface area contributed by atoms with Crippen molar-refractivity contribution >= 4 is 23.9 Å². The highest BCUT2D eigenvalue weighted by Gasteiger charge is 2.71. The highest BCUT2D eigenvalue weighted by atomic mass is 16.6. The predicted octanol–water partition coefficient (Wildman–Crippen LogP) is 4.01. The van der Waals surface area contributed by atoms with E-state index >= 15 is 0 Å². The fourth-order valence-corrected chi connectivity index (χ4v) is 7.87. The molecule has 0 aromatic heterocycles. The van der Waals surface area contributed by atoms with Gasteiger partial charge in [0.15, 0.2) is 6.10 Å². The van der Waals surface area contributed by atoms with Crippen molar-refractivity contribution in [1.29, 1.82) is 0 Å². The lowest BCUT2D eigenvalue weighted by molar-refractivity contribution is -0.188. The Labute approximate surface area is 280 Å². The van der Waals surface area contributed by atoms with E-state index in [2.05, 4.69) is 11.0 Å². The zero-order chi connectivity index (χ0) is 34.8. The molecule has 11 nitrogen and oxygen atoms in total. The second-order valence-electron chi connectivity index (χ2n) is 14.4. The van der Waals surface area contributed by atoms with E-state index in [-0.39, 0.29) is 18.2 Å². The predicted molar refractivity (Wildman–Crippen MR) is 172 cm³/mol. The smallest absolute Gasteiger partial charge is 0.352 e. The molecule has 7 atom stereocenters. The highest BCUT2D eigenvalue weighted by molar-refractivity contribution is 5.88. The second kappa shape index (κ2) is 12.0. The molecule has 2 aromatic carbocycles. The number of carbonyl (C=O) groups is 4. The summed E-state index contributed by atoms with van der Waals surface area (Å²) in [4.78, 5) is 55.0. The van der Waals surface area contributed by atoms with Crippen molar-refractivity contribution in [2.24, 2.45) is 5.92 Å². The molecule has 1 N–H and O–H groups in total. The molecule has 1 fully saturated rings. The summed E-state index contributed by atoms with van der Waals surface area (Å²) < 4.78 is 29.1. The van der Waals surface area contributed by atoms with Crippen molar-refractivity contribution in [2.45, 2.75) is 102 Å². The molecule has 256 valence electrons. The number of likely N-dealkylation sites (N-methyl/N-ethyl adjacent to an activating group) is 1. The number of benzene rings is 2. The number of aryl methyl sites for hydroxylation is 1. The summed E-state index contributed by atoms with van der Waals surface area (Å²) >= 11 is 0. The van der Waals surface area contributed by atoms with Crippen LogP contribution < -0.4 is 4.74 Å². The molecular weight excluding hydrogens is 618 g/mol. The van der Waals surface area contributed by atoms with Crippen molar-refractivity contribution in [3.8, 4) is 5.75 Å². The highest BCUT2D eigenvalue weighted by Crippen LogP contribution is 2.64. The van der Waals surface area contributed by atoms with Crippen molar-refractivity contribution < 1.29 is 48.0 Å². The number of piperidine rings is 1. The van der Waals surface area contributed by atoms with Crippen LogP contribution in [0.1, 0.15) is 75.8 Å². The van der Waals surface area contributed by atoms with Crippen molar-refractivity contribution in [3.05, 3.63) is 76.6 Å². The van der Waals surface area contributed by atoms with Crippen LogP contribution in [-0.2, 0) is 50.0 Å². The molecule has 6 rings (SSSR count). The molecule has 0 radical (unpaired) electrons. The van der Waals surface area contributed by atoms with E-state index < -0.39 is 64.7 Å². The molecule has 0 saturated carbocycles. The molecular formula is C37H43NO10. The molecule has 2 aliphatic carbocycles. The minimum absolute atomic E-state index is 0.156. The van der Waals surface area contributed by atoms with Crippen LogP contribution in [0, 0.1) is 12.8 Å². The molecule has 2 aliphatic heterocycles. The Hall–Kier alpha value is -4.22. The zero-order valence-electron chi connectivity index (χ0n) is 28.4. The Morgan fingerprint density at radius 3 is 2.40 bits per heavy atom. The molecule has 4 aliphatic rings. The van der Waals surface area contributed by atoms with Gasteiger partial charge in [0.25, 0.3) is 0 Å². The fourth-order valence-electron chi connectivity index (χ4n) is 7.87. The summed E-state index contributed by atoms with van der Waals surface area (Å²) in [6.45, 7) is 10.2. The lowest BCUT2D eigenvalue weighted by Crippen LogP contribution is -2.74. The minimum atomic E-state index is -1.74. The Kier molecular flexibility index (Phi) is 8.44. The van der Waals surface area contributed by atoms with Crippen LogP contribution in [0.4, 0.5) is 0 Å². The molecule has 0 unspecified atom stereocenters. The summed E-state index contributed by atoms with van der Waals surface area (Å²) in [5, 5.41) is 12.4. The Morgan fingerprint density at radius 1 is 1.02 bits per heavy atom. The maximum absolute atomic E-state index is 13.8. The zero-order valence-corrected chi connectivity index (χ0v) is 28.4. The number of ether oxygens (including phenoxy) is 5. The van der Waals surface area contributed by atoms with Crippen LogP contribution in [-0.4, -0.2) is 76.9 Å². The maximum atomic E-state index is 13.8. The quantitative estimate of drug-likeness (QED) is 0.325. The molecule has 2 heterocycles. The molecule has 0 amide bonds. The average Bonchev–Trinajstić information content (AvgIpc) is 3.38. The van der Waals surface area contributed by atoms with Crippen LogP contribution in [0.25, 0.3) is 0 Å². The van der Waals surface area contributed by atoms with Crippen LogP contribution in [0.5, 0.6) is 5.75 Å². The number of likely N-dealkylation sites (tertiary alicyclic amines) is 1. The van der Waals surface area contributed by atoms with Crippen molar-refractivity contribution in [2.75, 3.05) is 13.6 Å². The summed E-state index contributed by atoms with van der Waals surface area (Å²) in [5.74, 6) is -4.04. The van der Waals surface area contributed by atoms with Crippen LogP contribution in [0.3, 0.4) is 0 Å². The third-order valence-electron chi connectivity index (χ3n) is 10.1. The van der Waals surface area contributed by atoms with Gasteiger partial charge in [-0.3, -0.25) is 9.59 Å². The van der Waals surface area contributed by atoms with Gasteiger partial charge in [-0.05, 0) is 78.3 Å². The van der Waals surface area contributed by atoms with Crippen molar-refractivity contribution in [3.63, 3.8) is 0 Å². The molecule has 2 aromatic rings. The summed E-state index contributed by atoms with van der Waals surface area (Å²) in [7, 11) is 2.01. The van der Waals surface area contributed by atoms with Crippen molar-refractivity contribution in [1.82, 2.24) is 4.90 Å². The van der Waals surface area contributed by atoms with E-state index in [1.165, 1.54) is 6.92 Å². The minimum Gasteiger partial charge on any atom is -0.481 e. The number of rotatable bonds is 8. The molecule has 2 bridgehead atoms. The van der Waals surface area contributed by atoms with Gasteiger partial charge in [0, 0.05) is 30.5 Å². The van der Waals surface area contributed by atoms with E-state index in [0.717, 1.165) is 30.2 Å². The SMILES string of the molecule is CC(=O)O[C@@H](C(=O)O[C@H](C(=O)OC(C)(C)C)c1ccccc1)[C@@H](C)C(=O)OC1=CC[C@@]2(O)[C@H]3Cc4ccc(C)c5c4[C@@]2(CCN3C)[C@H]1O5. The third-order valence-corrected chi connectivity index (χ3v) is 10.1. The van der Waals surface area contributed by atoms with Gasteiger partial charge in [-0.25, -0.2) is 9.59 Å². The lowest BCUT2D eigenvalue weighted by atomic mass is 9.50. The second-order valence-corrected chi connectivity index (χ2v) is 14.4. The van der Waals surface area contributed by atoms with Gasteiger partial charge in [0.05, 0.1) is 11.0 Å². The van der Waals surface area contributed by atoms with Crippen LogP contribution in [0.2, 0.25) is 0 Å². The van der Waals surface area contributed by atoms with Gasteiger partial charge in [-0.2, -0.15) is 0 Å². The van der Waals surface area contributed by atoms with Gasteiger partial charge < -0.3 is 33.7 Å². The average molecular weight is 662 g/mol. The third kappa shape index (κ3) is 5.46. The van der Waals surface area contributed by atoms with Crippen LogP contribution in [0.15, 0.2) is 54.3 Å².